The van der Waals surface area contributed by atoms with Crippen molar-refractivity contribution in [2.75, 3.05) is 13.1 Å². The Labute approximate surface area is 105 Å². The van der Waals surface area contributed by atoms with Gasteiger partial charge in [-0.3, -0.25) is 0 Å². The lowest BCUT2D eigenvalue weighted by molar-refractivity contribution is 0.539. The van der Waals surface area contributed by atoms with Gasteiger partial charge >= 0.3 is 0 Å². The molecule has 0 saturated carbocycles. The van der Waals surface area contributed by atoms with Crippen LogP contribution in [0, 0.1) is 11.6 Å². The Bertz CT molecular complexity index is 370. The van der Waals surface area contributed by atoms with Crippen LogP contribution in [0.2, 0.25) is 5.02 Å². The zero-order valence-electron chi connectivity index (χ0n) is 9.99. The minimum atomic E-state index is -0.592. The SMILES string of the molecule is CC(C)NCCNCc1cc(F)c(Cl)cc1F. The summed E-state index contributed by atoms with van der Waals surface area (Å²) in [6.45, 7) is 5.87. The highest BCUT2D eigenvalue weighted by Crippen LogP contribution is 2.18. The topological polar surface area (TPSA) is 24.1 Å². The van der Waals surface area contributed by atoms with E-state index >= 15 is 0 Å². The van der Waals surface area contributed by atoms with E-state index in [0.717, 1.165) is 18.7 Å². The molecule has 17 heavy (non-hydrogen) atoms. The van der Waals surface area contributed by atoms with E-state index in [2.05, 4.69) is 10.6 Å². The minimum absolute atomic E-state index is 0.187. The third-order valence-electron chi connectivity index (χ3n) is 2.26. The molecule has 0 aliphatic rings. The van der Waals surface area contributed by atoms with Gasteiger partial charge in [-0.15, -0.1) is 0 Å². The van der Waals surface area contributed by atoms with Crippen molar-refractivity contribution < 1.29 is 8.78 Å². The monoisotopic (exact) mass is 262 g/mol. The molecule has 0 bridgehead atoms. The van der Waals surface area contributed by atoms with Crippen LogP contribution in [0.4, 0.5) is 8.78 Å². The molecule has 0 heterocycles. The van der Waals surface area contributed by atoms with Crippen molar-refractivity contribution in [3.63, 3.8) is 0 Å². The summed E-state index contributed by atoms with van der Waals surface area (Å²) in [4.78, 5) is 0. The predicted octanol–water partition coefficient (Wildman–Crippen LogP) is 2.71. The number of hydrogen-bond donors (Lipinski definition) is 2. The standard InChI is InChI=1S/C12H17ClF2N2/c1-8(2)17-4-3-16-7-9-5-12(15)10(13)6-11(9)14/h5-6,8,16-17H,3-4,7H2,1-2H3. The summed E-state index contributed by atoms with van der Waals surface area (Å²) in [6.07, 6.45) is 0. The molecule has 1 rings (SSSR count). The molecule has 0 aliphatic heterocycles. The van der Waals surface area contributed by atoms with Crippen LogP contribution in [-0.4, -0.2) is 19.1 Å². The molecule has 5 heteroatoms. The van der Waals surface area contributed by atoms with Gasteiger partial charge in [0, 0.05) is 31.2 Å². The molecule has 0 radical (unpaired) electrons. The maximum Gasteiger partial charge on any atom is 0.142 e. The first-order valence-corrected chi connectivity index (χ1v) is 5.96. The summed E-state index contributed by atoms with van der Waals surface area (Å²) in [7, 11) is 0. The molecule has 0 amide bonds. The average Bonchev–Trinajstić information content (AvgIpc) is 2.24. The van der Waals surface area contributed by atoms with Crippen molar-refractivity contribution in [1.29, 1.82) is 0 Å². The van der Waals surface area contributed by atoms with E-state index in [1.54, 1.807) is 0 Å². The number of rotatable bonds is 6. The van der Waals surface area contributed by atoms with E-state index in [4.69, 9.17) is 11.6 Å². The third kappa shape index (κ3) is 4.98. The largest absolute Gasteiger partial charge is 0.313 e. The van der Waals surface area contributed by atoms with Crippen molar-refractivity contribution in [2.45, 2.75) is 26.4 Å². The molecule has 1 aromatic rings. The van der Waals surface area contributed by atoms with Crippen LogP contribution in [0.25, 0.3) is 0 Å². The van der Waals surface area contributed by atoms with Gasteiger partial charge in [-0.25, -0.2) is 8.78 Å². The predicted molar refractivity (Wildman–Crippen MR) is 66.2 cm³/mol. The Morgan fingerprint density at radius 1 is 1.18 bits per heavy atom. The van der Waals surface area contributed by atoms with Gasteiger partial charge in [0.05, 0.1) is 5.02 Å². The van der Waals surface area contributed by atoms with Gasteiger partial charge < -0.3 is 10.6 Å². The van der Waals surface area contributed by atoms with Gasteiger partial charge in [-0.05, 0) is 12.1 Å². The molecule has 0 unspecified atom stereocenters. The van der Waals surface area contributed by atoms with Crippen molar-refractivity contribution in [3.8, 4) is 0 Å². The average molecular weight is 263 g/mol. The molecule has 1 aromatic carbocycles. The van der Waals surface area contributed by atoms with Gasteiger partial charge in [0.2, 0.25) is 0 Å². The summed E-state index contributed by atoms with van der Waals surface area (Å²) in [5, 5.41) is 6.06. The molecule has 96 valence electrons. The van der Waals surface area contributed by atoms with E-state index in [-0.39, 0.29) is 10.6 Å². The molecule has 0 fully saturated rings. The molecule has 2 N–H and O–H groups in total. The summed E-state index contributed by atoms with van der Waals surface area (Å²) in [6, 6.07) is 2.54. The van der Waals surface area contributed by atoms with Gasteiger partial charge in [-0.2, -0.15) is 0 Å². The number of benzene rings is 1. The fourth-order valence-corrected chi connectivity index (χ4v) is 1.52. The molecular weight excluding hydrogens is 246 g/mol. The Hall–Kier alpha value is -0.710. The van der Waals surface area contributed by atoms with Gasteiger partial charge in [0.25, 0.3) is 0 Å². The van der Waals surface area contributed by atoms with Crippen LogP contribution in [0.5, 0.6) is 0 Å². The number of halogens is 3. The van der Waals surface area contributed by atoms with Gasteiger partial charge in [-0.1, -0.05) is 25.4 Å². The number of nitrogens with one attached hydrogen (secondary N) is 2. The molecule has 0 saturated heterocycles. The second kappa shape index (κ2) is 6.89. The summed E-state index contributed by atoms with van der Waals surface area (Å²) < 4.78 is 26.5. The van der Waals surface area contributed by atoms with Crippen molar-refractivity contribution in [3.05, 3.63) is 34.4 Å². The number of hydrogen-bond acceptors (Lipinski definition) is 2. The Balaban J connectivity index is 2.39. The van der Waals surface area contributed by atoms with Gasteiger partial charge in [0.15, 0.2) is 0 Å². The molecule has 2 nitrogen and oxygen atoms in total. The van der Waals surface area contributed by atoms with E-state index in [0.29, 0.717) is 19.1 Å². The molecule has 0 aliphatic carbocycles. The first-order valence-electron chi connectivity index (χ1n) is 5.58. The Morgan fingerprint density at radius 2 is 1.88 bits per heavy atom. The highest BCUT2D eigenvalue weighted by atomic mass is 35.5. The zero-order valence-corrected chi connectivity index (χ0v) is 10.7. The van der Waals surface area contributed by atoms with E-state index in [1.165, 1.54) is 0 Å². The van der Waals surface area contributed by atoms with Crippen molar-refractivity contribution in [1.82, 2.24) is 10.6 Å². The van der Waals surface area contributed by atoms with Crippen LogP contribution >= 0.6 is 11.6 Å². The fourth-order valence-electron chi connectivity index (χ4n) is 1.37. The van der Waals surface area contributed by atoms with Crippen LogP contribution in [0.3, 0.4) is 0 Å². The third-order valence-corrected chi connectivity index (χ3v) is 2.55. The summed E-state index contributed by atoms with van der Waals surface area (Å²) in [5.74, 6) is -1.08. The smallest absolute Gasteiger partial charge is 0.142 e. The minimum Gasteiger partial charge on any atom is -0.313 e. The molecular formula is C12H17ClF2N2. The first kappa shape index (κ1) is 14.4. The summed E-state index contributed by atoms with van der Waals surface area (Å²) >= 11 is 5.46. The van der Waals surface area contributed by atoms with E-state index in [9.17, 15) is 8.78 Å². The van der Waals surface area contributed by atoms with E-state index in [1.807, 2.05) is 13.8 Å². The maximum atomic E-state index is 13.4. The zero-order chi connectivity index (χ0) is 12.8. The first-order chi connectivity index (χ1) is 8.00. The Morgan fingerprint density at radius 3 is 2.53 bits per heavy atom. The highest BCUT2D eigenvalue weighted by Gasteiger charge is 2.07. The quantitative estimate of drug-likeness (QED) is 0.608. The molecule has 0 aromatic heterocycles. The highest BCUT2D eigenvalue weighted by molar-refractivity contribution is 6.30. The molecule has 0 spiro atoms. The lowest BCUT2D eigenvalue weighted by Gasteiger charge is -2.09. The van der Waals surface area contributed by atoms with E-state index < -0.39 is 11.6 Å². The van der Waals surface area contributed by atoms with Crippen LogP contribution in [-0.2, 0) is 6.54 Å². The second-order valence-corrected chi connectivity index (χ2v) is 4.55. The molecule has 0 atom stereocenters. The normalized spacial score (nSPS) is 11.2. The lowest BCUT2D eigenvalue weighted by atomic mass is 10.2. The van der Waals surface area contributed by atoms with Crippen molar-refractivity contribution >= 4 is 11.6 Å². The fraction of sp³-hybridized carbons (Fsp3) is 0.500. The van der Waals surface area contributed by atoms with Crippen LogP contribution in [0.1, 0.15) is 19.4 Å². The lowest BCUT2D eigenvalue weighted by Crippen LogP contribution is -2.31. The maximum absolute atomic E-state index is 13.4. The summed E-state index contributed by atoms with van der Waals surface area (Å²) in [5.41, 5.74) is 0.288. The second-order valence-electron chi connectivity index (χ2n) is 4.14. The van der Waals surface area contributed by atoms with Crippen LogP contribution in [0.15, 0.2) is 12.1 Å². The van der Waals surface area contributed by atoms with Crippen molar-refractivity contribution in [2.24, 2.45) is 0 Å². The van der Waals surface area contributed by atoms with Gasteiger partial charge in [0.1, 0.15) is 11.6 Å². The Kier molecular flexibility index (Phi) is 5.82. The van der Waals surface area contributed by atoms with Crippen LogP contribution < -0.4 is 10.6 Å².